The lowest BCUT2D eigenvalue weighted by Gasteiger charge is -2.47. The molecule has 0 aromatic heterocycles. The molecule has 0 aromatic rings. The van der Waals surface area contributed by atoms with Crippen LogP contribution in [0.4, 0.5) is 0 Å². The van der Waals surface area contributed by atoms with Crippen LogP contribution < -0.4 is 0 Å². The molecule has 29 heavy (non-hydrogen) atoms. The smallest absolute Gasteiger partial charge is 0.191 e. The van der Waals surface area contributed by atoms with Crippen LogP contribution in [0.15, 0.2) is 0 Å². The Balaban J connectivity index is 2.26. The molecular weight excluding hydrogens is 545 g/mol. The van der Waals surface area contributed by atoms with Gasteiger partial charge in [-0.1, -0.05) is 0 Å². The molecule has 2 saturated heterocycles. The highest BCUT2D eigenvalue weighted by atomic mass is 32.1. The van der Waals surface area contributed by atoms with Crippen molar-refractivity contribution in [3.05, 3.63) is 0 Å². The van der Waals surface area contributed by atoms with Gasteiger partial charge >= 0.3 is 0 Å². The van der Waals surface area contributed by atoms with Crippen molar-refractivity contribution in [2.45, 2.75) is 61.4 Å². The number of rotatable bonds is 10. The van der Waals surface area contributed by atoms with Crippen molar-refractivity contribution in [2.24, 2.45) is 0 Å². The number of hydrogen-bond donors (Lipinski definition) is 8. The lowest BCUT2D eigenvalue weighted by atomic mass is 9.98. The third-order valence-corrected chi connectivity index (χ3v) is 6.72. The van der Waals surface area contributed by atoms with Crippen LogP contribution in [-0.4, -0.2) is 72.9 Å². The third kappa shape index (κ3) is 6.32. The van der Waals surface area contributed by atoms with Crippen LogP contribution in [0.3, 0.4) is 0 Å². The van der Waals surface area contributed by atoms with E-state index >= 15 is 0 Å². The minimum atomic E-state index is -1.04. The molecule has 10 atom stereocenters. The maximum absolute atomic E-state index is 6.00. The molecule has 0 bridgehead atoms. The van der Waals surface area contributed by atoms with Gasteiger partial charge in [-0.05, 0) is 77.5 Å². The second-order valence-corrected chi connectivity index (χ2v) is 8.00. The largest absolute Gasteiger partial charge is 0.343 e. The zero-order chi connectivity index (χ0) is 21.6. The fourth-order valence-electron chi connectivity index (χ4n) is 3.12. The topological polar surface area (TPSA) is 83.1 Å². The monoisotopic (exact) mass is 566 g/mol. The molecule has 17 heteroatoms. The number of ether oxygens (including phenoxy) is 3. The van der Waals surface area contributed by atoms with E-state index in [1.807, 2.05) is 0 Å². The van der Waals surface area contributed by atoms with Crippen molar-refractivity contribution in [3.63, 3.8) is 0 Å². The standard InChI is InChI=1S/C12H22O9S8/c22-1-3-5(16-24)7(18-26)9(20-28)11(13-3)15-12-10(21-29)8(19-27)6(17-25)4(2-23)14-12/h3-12,22-29H,1-2H2. The molecule has 0 spiro atoms. The molecule has 0 aliphatic carbocycles. The highest BCUT2D eigenvalue weighted by Crippen LogP contribution is 2.36. The average molecular weight is 567 g/mol. The van der Waals surface area contributed by atoms with E-state index < -0.39 is 61.4 Å². The molecule has 2 fully saturated rings. The van der Waals surface area contributed by atoms with Gasteiger partial charge in [-0.2, -0.15) is 25.3 Å². The SMILES string of the molecule is SCC1OC(OC2OC(CS)C(OS)C(OS)C2OS)C(OS)C(OS)C1OS. The number of thiol groups is 8. The van der Waals surface area contributed by atoms with Crippen LogP contribution >= 0.6 is 103 Å². The zero-order valence-corrected chi connectivity index (χ0v) is 21.6. The van der Waals surface area contributed by atoms with Gasteiger partial charge in [0.1, 0.15) is 24.4 Å². The molecule has 2 heterocycles. The summed E-state index contributed by atoms with van der Waals surface area (Å²) in [6, 6.07) is 0. The van der Waals surface area contributed by atoms with Crippen molar-refractivity contribution in [1.29, 1.82) is 0 Å². The summed E-state index contributed by atoms with van der Waals surface area (Å²) in [5, 5.41) is 0. The fraction of sp³-hybridized carbons (Fsp3) is 1.00. The first-order valence-electron chi connectivity index (χ1n) is 8.04. The lowest BCUT2D eigenvalue weighted by Crippen LogP contribution is -2.64. The normalized spacial score (nSPS) is 43.4. The first-order valence-corrected chi connectivity index (χ1v) is 11.5. The molecule has 0 amide bonds. The maximum Gasteiger partial charge on any atom is 0.191 e. The van der Waals surface area contributed by atoms with E-state index in [9.17, 15) is 0 Å². The summed E-state index contributed by atoms with van der Waals surface area (Å²) in [6.45, 7) is 0. The van der Waals surface area contributed by atoms with E-state index in [2.05, 4.69) is 103 Å². The van der Waals surface area contributed by atoms with Crippen LogP contribution in [0.25, 0.3) is 0 Å². The Morgan fingerprint density at radius 2 is 0.793 bits per heavy atom. The highest BCUT2D eigenvalue weighted by molar-refractivity contribution is 7.80. The van der Waals surface area contributed by atoms with Gasteiger partial charge in [0.15, 0.2) is 24.8 Å². The predicted molar refractivity (Wildman–Crippen MR) is 129 cm³/mol. The summed E-state index contributed by atoms with van der Waals surface area (Å²) in [5.41, 5.74) is 0. The molecule has 0 saturated carbocycles. The van der Waals surface area contributed by atoms with E-state index in [0.717, 1.165) is 0 Å². The number of hydrogen-bond acceptors (Lipinski definition) is 17. The third-order valence-electron chi connectivity index (χ3n) is 4.54. The van der Waals surface area contributed by atoms with Crippen LogP contribution in [0, 0.1) is 0 Å². The lowest BCUT2D eigenvalue weighted by molar-refractivity contribution is -0.354. The van der Waals surface area contributed by atoms with Crippen LogP contribution in [-0.2, 0) is 39.3 Å². The zero-order valence-electron chi connectivity index (χ0n) is 14.4. The van der Waals surface area contributed by atoms with Gasteiger partial charge in [-0.3, -0.25) is 0 Å². The van der Waals surface area contributed by atoms with Crippen molar-refractivity contribution in [3.8, 4) is 0 Å². The predicted octanol–water partition coefficient (Wildman–Crippen LogP) is 1.69. The Bertz CT molecular complexity index is 445. The maximum atomic E-state index is 6.00. The minimum absolute atomic E-state index is 0.271. The molecule has 0 N–H and O–H groups in total. The van der Waals surface area contributed by atoms with Gasteiger partial charge in [0.05, 0.1) is 12.2 Å². The van der Waals surface area contributed by atoms with Crippen LogP contribution in [0.2, 0.25) is 0 Å². The molecule has 10 unspecified atom stereocenters. The highest BCUT2D eigenvalue weighted by Gasteiger charge is 2.53. The second-order valence-electron chi connectivity index (χ2n) is 6.01. The van der Waals surface area contributed by atoms with Crippen molar-refractivity contribution in [2.75, 3.05) is 11.5 Å². The summed E-state index contributed by atoms with van der Waals surface area (Å²) >= 11 is 31.9. The Morgan fingerprint density at radius 3 is 1.03 bits per heavy atom. The van der Waals surface area contributed by atoms with Gasteiger partial charge in [0.2, 0.25) is 0 Å². The van der Waals surface area contributed by atoms with Gasteiger partial charge in [0, 0.05) is 11.5 Å². The first kappa shape index (κ1) is 27.7. The van der Waals surface area contributed by atoms with Gasteiger partial charge in [-0.25, -0.2) is 0 Å². The van der Waals surface area contributed by atoms with Crippen LogP contribution in [0.1, 0.15) is 0 Å². The summed E-state index contributed by atoms with van der Waals surface area (Å²) in [7, 11) is 0. The van der Waals surface area contributed by atoms with Crippen molar-refractivity contribution < 1.29 is 39.3 Å². The van der Waals surface area contributed by atoms with Gasteiger partial charge in [0.25, 0.3) is 0 Å². The van der Waals surface area contributed by atoms with Crippen LogP contribution in [0.5, 0.6) is 0 Å². The van der Waals surface area contributed by atoms with Crippen molar-refractivity contribution in [1.82, 2.24) is 0 Å². The molecule has 0 aromatic carbocycles. The Kier molecular flexibility index (Phi) is 13.3. The molecule has 2 rings (SSSR count). The Labute approximate surface area is 213 Å². The first-order chi connectivity index (χ1) is 14.0. The molecular formula is C12H22O9S8. The fourth-order valence-corrected chi connectivity index (χ4v) is 5.14. The second kappa shape index (κ2) is 14.0. The van der Waals surface area contributed by atoms with E-state index in [-0.39, 0.29) is 11.5 Å². The van der Waals surface area contributed by atoms with E-state index in [0.29, 0.717) is 0 Å². The molecule has 2 aliphatic rings. The van der Waals surface area contributed by atoms with E-state index in [1.54, 1.807) is 0 Å². The quantitative estimate of drug-likeness (QED) is 0.149. The molecule has 0 radical (unpaired) electrons. The van der Waals surface area contributed by atoms with Gasteiger partial charge in [-0.15, -0.1) is 0 Å². The Morgan fingerprint density at radius 1 is 0.483 bits per heavy atom. The molecule has 9 nitrogen and oxygen atoms in total. The summed E-state index contributed by atoms with van der Waals surface area (Å²) < 4.78 is 49.0. The van der Waals surface area contributed by atoms with Gasteiger partial charge < -0.3 is 39.3 Å². The summed E-state index contributed by atoms with van der Waals surface area (Å²) in [4.78, 5) is 0. The Hall–Kier alpha value is 2.44. The average Bonchev–Trinajstić information content (AvgIpc) is 2.76. The summed E-state index contributed by atoms with van der Waals surface area (Å²) in [6.07, 6.45) is -7.78. The summed E-state index contributed by atoms with van der Waals surface area (Å²) in [5.74, 6) is 0.542. The van der Waals surface area contributed by atoms with Crippen molar-refractivity contribution >= 4 is 103 Å². The van der Waals surface area contributed by atoms with E-state index in [4.69, 9.17) is 39.3 Å². The minimum Gasteiger partial charge on any atom is -0.343 e. The molecule has 2 aliphatic heterocycles. The van der Waals surface area contributed by atoms with E-state index in [1.165, 1.54) is 0 Å². The molecule has 172 valence electrons.